The number of esters is 1. The number of nitrogens with one attached hydrogen (secondary N) is 1. The van der Waals surface area contributed by atoms with Crippen LogP contribution in [0.1, 0.15) is 19.4 Å². The monoisotopic (exact) mass is 388 g/mol. The molecule has 6 nitrogen and oxygen atoms in total. The van der Waals surface area contributed by atoms with Crippen molar-refractivity contribution in [2.75, 3.05) is 5.32 Å². The molecule has 3 aromatic rings. The number of nitrogens with zero attached hydrogens (tertiary/aromatic N) is 1. The van der Waals surface area contributed by atoms with Gasteiger partial charge in [-0.15, -0.1) is 0 Å². The number of carbonyl (C=O) groups excluding carboxylic acids is 2. The van der Waals surface area contributed by atoms with Gasteiger partial charge < -0.3 is 14.8 Å². The Labute approximate surface area is 168 Å². The average Bonchev–Trinajstić information content (AvgIpc) is 2.74. The molecule has 29 heavy (non-hydrogen) atoms. The van der Waals surface area contributed by atoms with Crippen LogP contribution in [0, 0.1) is 11.3 Å². The number of fused-ring (bicyclic) bond motifs is 1. The van der Waals surface area contributed by atoms with Crippen molar-refractivity contribution in [2.24, 2.45) is 0 Å². The van der Waals surface area contributed by atoms with Crippen molar-refractivity contribution < 1.29 is 19.1 Å². The molecule has 2 atom stereocenters. The molecule has 1 amide bonds. The molecule has 0 aromatic heterocycles. The third-order valence-electron chi connectivity index (χ3n) is 4.31. The molecule has 0 aliphatic heterocycles. The van der Waals surface area contributed by atoms with E-state index in [2.05, 4.69) is 5.32 Å². The summed E-state index contributed by atoms with van der Waals surface area (Å²) in [4.78, 5) is 24.6. The molecule has 0 aliphatic rings. The Morgan fingerprint density at radius 1 is 0.931 bits per heavy atom. The van der Waals surface area contributed by atoms with Gasteiger partial charge in [-0.05, 0) is 61.0 Å². The van der Waals surface area contributed by atoms with Crippen molar-refractivity contribution in [3.8, 4) is 11.8 Å². The second kappa shape index (κ2) is 8.89. The van der Waals surface area contributed by atoms with E-state index in [-0.39, 0.29) is 0 Å². The van der Waals surface area contributed by atoms with Crippen molar-refractivity contribution in [3.05, 3.63) is 72.3 Å². The van der Waals surface area contributed by atoms with Crippen molar-refractivity contribution in [3.63, 3.8) is 0 Å². The molecular weight excluding hydrogens is 368 g/mol. The van der Waals surface area contributed by atoms with Crippen LogP contribution in [-0.2, 0) is 14.3 Å². The number of hydrogen-bond acceptors (Lipinski definition) is 5. The van der Waals surface area contributed by atoms with Gasteiger partial charge in [0.2, 0.25) is 0 Å². The molecule has 1 N–H and O–H groups in total. The fraction of sp³-hybridized carbons (Fsp3) is 0.174. The predicted octanol–water partition coefficient (Wildman–Crippen LogP) is 4.05. The Kier molecular flexibility index (Phi) is 6.10. The standard InChI is InChI=1S/C23H20N2O4/c1-15(22(26)25-20-10-9-18-5-3-4-6-19(18)13-20)29-23(27)16(2)28-21-11-7-17(14-24)8-12-21/h3-13,15-16H,1-2H3,(H,25,26)/t15-,16+/m0/s1. The highest BCUT2D eigenvalue weighted by atomic mass is 16.6. The average molecular weight is 388 g/mol. The highest BCUT2D eigenvalue weighted by Crippen LogP contribution is 2.19. The van der Waals surface area contributed by atoms with Gasteiger partial charge in [0.15, 0.2) is 12.2 Å². The van der Waals surface area contributed by atoms with E-state index in [1.54, 1.807) is 30.3 Å². The maximum atomic E-state index is 12.4. The van der Waals surface area contributed by atoms with Crippen LogP contribution in [0.2, 0.25) is 0 Å². The van der Waals surface area contributed by atoms with E-state index in [1.807, 2.05) is 42.5 Å². The van der Waals surface area contributed by atoms with E-state index in [9.17, 15) is 9.59 Å². The number of ether oxygens (including phenoxy) is 2. The lowest BCUT2D eigenvalue weighted by molar-refractivity contribution is -0.159. The third-order valence-corrected chi connectivity index (χ3v) is 4.31. The maximum absolute atomic E-state index is 12.4. The summed E-state index contributed by atoms with van der Waals surface area (Å²) in [6.45, 7) is 3.04. The zero-order valence-corrected chi connectivity index (χ0v) is 16.1. The molecule has 0 spiro atoms. The Morgan fingerprint density at radius 2 is 1.62 bits per heavy atom. The number of anilines is 1. The summed E-state index contributed by atoms with van der Waals surface area (Å²) in [5.41, 5.74) is 1.12. The summed E-state index contributed by atoms with van der Waals surface area (Å²) in [6.07, 6.45) is -1.89. The minimum atomic E-state index is -0.985. The van der Waals surface area contributed by atoms with E-state index in [0.717, 1.165) is 10.8 Å². The SMILES string of the molecule is C[C@H](OC(=O)[C@@H](C)Oc1ccc(C#N)cc1)C(=O)Nc1ccc2ccccc2c1. The van der Waals surface area contributed by atoms with Gasteiger partial charge in [0.1, 0.15) is 5.75 Å². The van der Waals surface area contributed by atoms with Gasteiger partial charge in [0.25, 0.3) is 5.91 Å². The molecule has 0 aliphatic carbocycles. The summed E-state index contributed by atoms with van der Waals surface area (Å²) in [6, 6.07) is 21.8. The van der Waals surface area contributed by atoms with Crippen molar-refractivity contribution in [1.82, 2.24) is 0 Å². The number of amides is 1. The first kappa shape index (κ1) is 19.9. The number of nitriles is 1. The third kappa shape index (κ3) is 5.11. The van der Waals surface area contributed by atoms with E-state index in [1.165, 1.54) is 13.8 Å². The molecule has 0 saturated carbocycles. The van der Waals surface area contributed by atoms with Crippen LogP contribution in [0.3, 0.4) is 0 Å². The first-order chi connectivity index (χ1) is 14.0. The van der Waals surface area contributed by atoms with E-state index in [4.69, 9.17) is 14.7 Å². The van der Waals surface area contributed by atoms with Gasteiger partial charge in [0.05, 0.1) is 11.6 Å². The number of rotatable bonds is 6. The lowest BCUT2D eigenvalue weighted by Crippen LogP contribution is -2.35. The number of hydrogen-bond donors (Lipinski definition) is 1. The highest BCUT2D eigenvalue weighted by Gasteiger charge is 2.23. The van der Waals surface area contributed by atoms with Gasteiger partial charge in [-0.1, -0.05) is 30.3 Å². The Balaban J connectivity index is 1.55. The first-order valence-corrected chi connectivity index (χ1v) is 9.13. The van der Waals surface area contributed by atoms with Crippen LogP contribution >= 0.6 is 0 Å². The number of benzene rings is 3. The smallest absolute Gasteiger partial charge is 0.347 e. The molecule has 146 valence electrons. The molecule has 3 rings (SSSR count). The highest BCUT2D eigenvalue weighted by molar-refractivity contribution is 5.97. The largest absolute Gasteiger partial charge is 0.479 e. The van der Waals surface area contributed by atoms with Crippen LogP contribution in [0.4, 0.5) is 5.69 Å². The predicted molar refractivity (Wildman–Crippen MR) is 109 cm³/mol. The molecule has 0 heterocycles. The molecule has 0 saturated heterocycles. The van der Waals surface area contributed by atoms with E-state index < -0.39 is 24.1 Å². The Morgan fingerprint density at radius 3 is 2.31 bits per heavy atom. The Hall–Kier alpha value is -3.85. The topological polar surface area (TPSA) is 88.4 Å². The summed E-state index contributed by atoms with van der Waals surface area (Å²) in [7, 11) is 0. The molecular formula is C23H20N2O4. The minimum absolute atomic E-state index is 0.431. The Bertz CT molecular complexity index is 1070. The van der Waals surface area contributed by atoms with Gasteiger partial charge in [0, 0.05) is 5.69 Å². The van der Waals surface area contributed by atoms with Crippen LogP contribution in [0.5, 0.6) is 5.75 Å². The van der Waals surface area contributed by atoms with Crippen LogP contribution in [0.15, 0.2) is 66.7 Å². The summed E-state index contributed by atoms with van der Waals surface area (Å²) < 4.78 is 10.7. The summed E-state index contributed by atoms with van der Waals surface area (Å²) in [5.74, 6) is -0.656. The quantitative estimate of drug-likeness (QED) is 0.644. The molecule has 0 unspecified atom stereocenters. The van der Waals surface area contributed by atoms with Crippen molar-refractivity contribution in [1.29, 1.82) is 5.26 Å². The molecule has 3 aromatic carbocycles. The van der Waals surface area contributed by atoms with Crippen LogP contribution in [0.25, 0.3) is 10.8 Å². The fourth-order valence-corrected chi connectivity index (χ4v) is 2.69. The lowest BCUT2D eigenvalue weighted by Gasteiger charge is -2.18. The van der Waals surface area contributed by atoms with E-state index >= 15 is 0 Å². The van der Waals surface area contributed by atoms with Crippen LogP contribution in [-0.4, -0.2) is 24.1 Å². The van der Waals surface area contributed by atoms with Gasteiger partial charge in [-0.3, -0.25) is 4.79 Å². The molecule has 0 radical (unpaired) electrons. The fourth-order valence-electron chi connectivity index (χ4n) is 2.69. The molecule has 0 bridgehead atoms. The second-order valence-corrected chi connectivity index (χ2v) is 6.53. The van der Waals surface area contributed by atoms with Gasteiger partial charge >= 0.3 is 5.97 Å². The maximum Gasteiger partial charge on any atom is 0.347 e. The normalized spacial score (nSPS) is 12.4. The first-order valence-electron chi connectivity index (χ1n) is 9.13. The number of carbonyl (C=O) groups is 2. The summed E-state index contributed by atoms with van der Waals surface area (Å²) in [5, 5.41) is 13.6. The summed E-state index contributed by atoms with van der Waals surface area (Å²) >= 11 is 0. The van der Waals surface area contributed by atoms with Gasteiger partial charge in [-0.2, -0.15) is 5.26 Å². The van der Waals surface area contributed by atoms with Crippen molar-refractivity contribution in [2.45, 2.75) is 26.1 Å². The molecule has 6 heteroatoms. The molecule has 0 fully saturated rings. The van der Waals surface area contributed by atoms with Crippen LogP contribution < -0.4 is 10.1 Å². The zero-order chi connectivity index (χ0) is 20.8. The van der Waals surface area contributed by atoms with Gasteiger partial charge in [-0.25, -0.2) is 4.79 Å². The minimum Gasteiger partial charge on any atom is -0.479 e. The lowest BCUT2D eigenvalue weighted by atomic mass is 10.1. The zero-order valence-electron chi connectivity index (χ0n) is 16.1. The van der Waals surface area contributed by atoms with E-state index in [0.29, 0.717) is 17.0 Å². The van der Waals surface area contributed by atoms with Crippen molar-refractivity contribution >= 4 is 28.3 Å². The second-order valence-electron chi connectivity index (χ2n) is 6.53.